The fraction of sp³-hybridized carbons (Fsp3) is 0.167. The number of likely N-dealkylation sites (N-methyl/N-ethyl adjacent to an activating group) is 1. The molecule has 2 heterocycles. The second-order valence-corrected chi connectivity index (χ2v) is 5.69. The van der Waals surface area contributed by atoms with E-state index >= 15 is 0 Å². The van der Waals surface area contributed by atoms with Crippen molar-refractivity contribution in [3.05, 3.63) is 65.7 Å². The highest BCUT2D eigenvalue weighted by Gasteiger charge is 2.31. The summed E-state index contributed by atoms with van der Waals surface area (Å²) in [6.45, 7) is 0. The number of fused-ring (bicyclic) bond motifs is 1. The molecule has 0 N–H and O–H groups in total. The van der Waals surface area contributed by atoms with Gasteiger partial charge in [-0.1, -0.05) is 48.5 Å². The number of para-hydroxylation sites is 1. The predicted molar refractivity (Wildman–Crippen MR) is 92.5 cm³/mol. The molecule has 0 fully saturated rings. The number of hydrogen-bond donors (Lipinski definition) is 0. The molecule has 1 amide bonds. The molecule has 4 rings (SSSR count). The molecule has 6 nitrogen and oxygen atoms in total. The lowest BCUT2D eigenvalue weighted by molar-refractivity contribution is -0.111. The van der Waals surface area contributed by atoms with Crippen LogP contribution in [0.4, 0.5) is 5.69 Å². The summed E-state index contributed by atoms with van der Waals surface area (Å²) in [6.07, 6.45) is 0.590. The molecule has 0 saturated carbocycles. The summed E-state index contributed by atoms with van der Waals surface area (Å²) in [5.74, 6) is 0.381. The van der Waals surface area contributed by atoms with Gasteiger partial charge in [-0.05, 0) is 11.6 Å². The fourth-order valence-electron chi connectivity index (χ4n) is 2.87. The maximum Gasteiger partial charge on any atom is 0.279 e. The Morgan fingerprint density at radius 2 is 1.79 bits per heavy atom. The second-order valence-electron chi connectivity index (χ2n) is 5.69. The van der Waals surface area contributed by atoms with Gasteiger partial charge in [0.1, 0.15) is 6.04 Å². The topological polar surface area (TPSA) is 69.8 Å². The third kappa shape index (κ3) is 2.42. The van der Waals surface area contributed by atoms with Gasteiger partial charge in [-0.25, -0.2) is 0 Å². The number of benzene rings is 2. The molecule has 6 heteroatoms. The largest absolute Gasteiger partial charge is 0.309 e. The minimum atomic E-state index is -0.157. The first kappa shape index (κ1) is 14.4. The molecule has 0 bridgehead atoms. The molecule has 0 spiro atoms. The van der Waals surface area contributed by atoms with Crippen LogP contribution in [0.5, 0.6) is 0 Å². The molecule has 0 saturated heterocycles. The van der Waals surface area contributed by atoms with E-state index in [1.54, 1.807) is 11.9 Å². The molecule has 1 atom stereocenters. The van der Waals surface area contributed by atoms with E-state index in [-0.39, 0.29) is 11.9 Å². The van der Waals surface area contributed by atoms with E-state index in [0.717, 1.165) is 16.8 Å². The summed E-state index contributed by atoms with van der Waals surface area (Å²) in [4.78, 5) is 13.9. The van der Waals surface area contributed by atoms with Gasteiger partial charge in [0, 0.05) is 19.0 Å². The van der Waals surface area contributed by atoms with Gasteiger partial charge in [-0.2, -0.15) is 5.11 Å². The first-order chi connectivity index (χ1) is 11.7. The maximum absolute atomic E-state index is 12.3. The Bertz CT molecular complexity index is 885. The number of amides is 1. The van der Waals surface area contributed by atoms with Crippen LogP contribution in [-0.2, 0) is 4.79 Å². The minimum absolute atomic E-state index is 0.0283. The van der Waals surface area contributed by atoms with Gasteiger partial charge in [0.25, 0.3) is 5.91 Å². The van der Waals surface area contributed by atoms with Crippen LogP contribution in [0.15, 0.2) is 75.0 Å². The van der Waals surface area contributed by atoms with E-state index in [4.69, 9.17) is 0 Å². The van der Waals surface area contributed by atoms with Crippen LogP contribution in [0.2, 0.25) is 0 Å². The first-order valence-electron chi connectivity index (χ1n) is 7.72. The number of hydrogen-bond acceptors (Lipinski definition) is 4. The summed E-state index contributed by atoms with van der Waals surface area (Å²) in [6, 6.07) is 17.5. The highest BCUT2D eigenvalue weighted by atomic mass is 16.2. The number of azo groups is 1. The molecular formula is C18H15N5O. The summed E-state index contributed by atoms with van der Waals surface area (Å²) >= 11 is 0. The van der Waals surface area contributed by atoms with Crippen molar-refractivity contribution in [1.29, 1.82) is 0 Å². The number of nitrogens with zero attached hydrogens (tertiary/aromatic N) is 5. The summed E-state index contributed by atoms with van der Waals surface area (Å²) < 4.78 is 0. The van der Waals surface area contributed by atoms with Crippen LogP contribution in [0, 0.1) is 0 Å². The van der Waals surface area contributed by atoms with E-state index in [9.17, 15) is 4.79 Å². The molecule has 0 radical (unpaired) electrons. The van der Waals surface area contributed by atoms with E-state index in [1.165, 1.54) is 0 Å². The average Bonchev–Trinajstić information content (AvgIpc) is 3.19. The zero-order valence-corrected chi connectivity index (χ0v) is 13.1. The van der Waals surface area contributed by atoms with Crippen molar-refractivity contribution in [2.24, 2.45) is 20.4 Å². The van der Waals surface area contributed by atoms with E-state index in [2.05, 4.69) is 20.4 Å². The quantitative estimate of drug-likeness (QED) is 0.783. The van der Waals surface area contributed by atoms with Crippen LogP contribution in [0.1, 0.15) is 23.6 Å². The number of amidine groups is 1. The molecule has 2 aromatic carbocycles. The van der Waals surface area contributed by atoms with Crippen molar-refractivity contribution in [3.63, 3.8) is 0 Å². The lowest BCUT2D eigenvalue weighted by Crippen LogP contribution is -2.25. The van der Waals surface area contributed by atoms with Crippen LogP contribution in [0.25, 0.3) is 0 Å². The molecular weight excluding hydrogens is 302 g/mol. The van der Waals surface area contributed by atoms with Gasteiger partial charge in [0.05, 0.1) is 5.69 Å². The number of carbonyl (C=O) groups excluding carboxylic acids is 1. The fourth-order valence-corrected chi connectivity index (χ4v) is 2.87. The Balaban J connectivity index is 1.59. The lowest BCUT2D eigenvalue weighted by Gasteiger charge is -2.07. The van der Waals surface area contributed by atoms with E-state index in [0.29, 0.717) is 18.0 Å². The van der Waals surface area contributed by atoms with Gasteiger partial charge in [-0.3, -0.25) is 4.79 Å². The molecule has 2 aliphatic rings. The molecule has 0 aromatic heterocycles. The Hall–Kier alpha value is -3.15. The normalized spacial score (nSPS) is 22.6. The second kappa shape index (κ2) is 5.81. The molecule has 118 valence electrons. The molecule has 1 unspecified atom stereocenters. The Morgan fingerprint density at radius 3 is 2.62 bits per heavy atom. The molecule has 2 aliphatic heterocycles. The van der Waals surface area contributed by atoms with E-state index < -0.39 is 0 Å². The monoisotopic (exact) mass is 317 g/mol. The third-order valence-corrected chi connectivity index (χ3v) is 4.17. The molecule has 2 aromatic rings. The summed E-state index contributed by atoms with van der Waals surface area (Å²) in [5.41, 5.74) is 3.08. The van der Waals surface area contributed by atoms with Crippen molar-refractivity contribution in [1.82, 2.24) is 0 Å². The standard InChI is InChI=1S/C18H15N5O/c1-23-15-10-6-5-9-13(15)17(18(23)24)22-21-16-11-14(19-20-16)12-7-3-2-4-8-12/h2-10,14H,11H2,1H3. The van der Waals surface area contributed by atoms with Gasteiger partial charge in [0.2, 0.25) is 0 Å². The Kier molecular flexibility index (Phi) is 3.49. The van der Waals surface area contributed by atoms with Gasteiger partial charge < -0.3 is 4.90 Å². The predicted octanol–water partition coefficient (Wildman–Crippen LogP) is 3.36. The van der Waals surface area contributed by atoms with Crippen LogP contribution in [-0.4, -0.2) is 24.5 Å². The SMILES string of the molecule is CN1C(=O)C(=NN=C2CC(c3ccccc3)N=N2)c2ccccc21. The zero-order chi connectivity index (χ0) is 16.5. The van der Waals surface area contributed by atoms with Crippen molar-refractivity contribution in [2.75, 3.05) is 11.9 Å². The Morgan fingerprint density at radius 1 is 1.04 bits per heavy atom. The maximum atomic E-state index is 12.3. The summed E-state index contributed by atoms with van der Waals surface area (Å²) in [5, 5.41) is 16.7. The van der Waals surface area contributed by atoms with Gasteiger partial charge in [-0.15, -0.1) is 15.3 Å². The van der Waals surface area contributed by atoms with Crippen LogP contribution in [0.3, 0.4) is 0 Å². The number of carbonyl (C=O) groups is 1. The van der Waals surface area contributed by atoms with Crippen molar-refractivity contribution in [2.45, 2.75) is 12.5 Å². The molecule has 24 heavy (non-hydrogen) atoms. The van der Waals surface area contributed by atoms with Gasteiger partial charge in [0.15, 0.2) is 11.5 Å². The third-order valence-electron chi connectivity index (χ3n) is 4.17. The first-order valence-corrected chi connectivity index (χ1v) is 7.72. The smallest absolute Gasteiger partial charge is 0.279 e. The van der Waals surface area contributed by atoms with Crippen molar-refractivity contribution < 1.29 is 4.79 Å². The highest BCUT2D eigenvalue weighted by molar-refractivity contribution is 6.54. The molecule has 0 aliphatic carbocycles. The number of anilines is 1. The van der Waals surface area contributed by atoms with Crippen LogP contribution < -0.4 is 4.90 Å². The minimum Gasteiger partial charge on any atom is -0.309 e. The number of rotatable bonds is 2. The highest BCUT2D eigenvalue weighted by Crippen LogP contribution is 2.29. The Labute approximate surface area is 139 Å². The van der Waals surface area contributed by atoms with Crippen LogP contribution >= 0.6 is 0 Å². The van der Waals surface area contributed by atoms with Crippen molar-refractivity contribution in [3.8, 4) is 0 Å². The van der Waals surface area contributed by atoms with Gasteiger partial charge >= 0.3 is 0 Å². The summed E-state index contributed by atoms with van der Waals surface area (Å²) in [7, 11) is 1.73. The lowest BCUT2D eigenvalue weighted by atomic mass is 10.1. The van der Waals surface area contributed by atoms with Crippen molar-refractivity contribution >= 4 is 23.1 Å². The average molecular weight is 317 g/mol. The zero-order valence-electron chi connectivity index (χ0n) is 13.1. The van der Waals surface area contributed by atoms with E-state index in [1.807, 2.05) is 54.6 Å².